The molecule has 0 aromatic heterocycles. The van der Waals surface area contributed by atoms with Gasteiger partial charge in [-0.25, -0.2) is 8.51 Å². The van der Waals surface area contributed by atoms with Gasteiger partial charge in [-0.2, -0.15) is 0 Å². The Kier molecular flexibility index (Phi) is 9.33. The van der Waals surface area contributed by atoms with Crippen LogP contribution in [0.5, 0.6) is 11.5 Å². The molecule has 5 heteroatoms. The summed E-state index contributed by atoms with van der Waals surface area (Å²) in [5, 5.41) is 3.76. The third-order valence-electron chi connectivity index (χ3n) is 9.40. The fourth-order valence-corrected chi connectivity index (χ4v) is 10.5. The number of rotatable bonds is 7. The molecule has 0 bridgehead atoms. The fraction of sp³-hybridized carbons (Fsp3) is 0.302. The van der Waals surface area contributed by atoms with Crippen LogP contribution in [0.25, 0.3) is 0 Å². The van der Waals surface area contributed by atoms with Gasteiger partial charge in [0.25, 0.3) is 0 Å². The van der Waals surface area contributed by atoms with Crippen molar-refractivity contribution in [2.24, 2.45) is 0 Å². The topological polar surface area (TPSA) is 29.5 Å². The van der Waals surface area contributed by atoms with Crippen molar-refractivity contribution in [3.63, 3.8) is 0 Å². The molecule has 0 amide bonds. The first-order valence-corrected chi connectivity index (χ1v) is 19.2. The molecule has 248 valence electrons. The maximum absolute atomic E-state index is 14.1. The molecule has 0 radical (unpaired) electrons. The molecule has 1 aliphatic rings. The van der Waals surface area contributed by atoms with Gasteiger partial charge < -0.3 is 4.74 Å². The molecule has 0 fully saturated rings. The predicted molar refractivity (Wildman–Crippen MR) is 206 cm³/mol. The molecule has 5 aromatic carbocycles. The van der Waals surface area contributed by atoms with E-state index in [2.05, 4.69) is 156 Å². The molecule has 48 heavy (non-hydrogen) atoms. The number of hydrogen-bond donors (Lipinski definition) is 0. The summed E-state index contributed by atoms with van der Waals surface area (Å²) in [6.45, 7) is 17.4. The summed E-state index contributed by atoms with van der Waals surface area (Å²) in [6, 6.07) is 43.3. The molecule has 0 aliphatic carbocycles. The van der Waals surface area contributed by atoms with Crippen molar-refractivity contribution in [3.8, 4) is 11.5 Å². The Labute approximate surface area is 291 Å². The first kappa shape index (κ1) is 34.3. The second-order valence-electron chi connectivity index (χ2n) is 15.3. The lowest BCUT2D eigenvalue weighted by atomic mass is 9.74. The zero-order chi connectivity index (χ0) is 34.4. The van der Waals surface area contributed by atoms with Crippen molar-refractivity contribution >= 4 is 34.8 Å². The van der Waals surface area contributed by atoms with Crippen LogP contribution < -0.4 is 20.7 Å². The maximum Gasteiger partial charge on any atom is 0.139 e. The highest BCUT2D eigenvalue weighted by atomic mass is 32.2. The summed E-state index contributed by atoms with van der Waals surface area (Å²) in [7, 11) is -0.192. The minimum Gasteiger partial charge on any atom is -0.456 e. The molecular weight excluding hydrogens is 626 g/mol. The van der Waals surface area contributed by atoms with Gasteiger partial charge in [-0.1, -0.05) is 156 Å². The molecule has 0 N–H and O–H groups in total. The zero-order valence-electron chi connectivity index (χ0n) is 29.7. The summed E-state index contributed by atoms with van der Waals surface area (Å²) in [5.74, 6) is 1.80. The average Bonchev–Trinajstić information content (AvgIpc) is 3.06. The second-order valence-corrected chi connectivity index (χ2v) is 19.8. The molecule has 0 saturated carbocycles. The minimum atomic E-state index is -1.28. The Hall–Kier alpha value is -3.56. The van der Waals surface area contributed by atoms with E-state index in [4.69, 9.17) is 4.74 Å². The van der Waals surface area contributed by atoms with E-state index in [1.54, 1.807) is 0 Å². The SMILES string of the molecule is CN([C@@H](c1ccc(C(C)(C)C)cc1)c1cccc2c1Oc1c(P(c3ccccc3)c3ccccc3)cccc1C2(C)C)[S@](=O)C(C)(C)C. The monoisotopic (exact) mass is 673 g/mol. The van der Waals surface area contributed by atoms with Gasteiger partial charge in [0.15, 0.2) is 0 Å². The van der Waals surface area contributed by atoms with Crippen LogP contribution in [0.15, 0.2) is 121 Å². The van der Waals surface area contributed by atoms with Gasteiger partial charge in [0.2, 0.25) is 0 Å². The molecule has 1 heterocycles. The lowest BCUT2D eigenvalue weighted by Crippen LogP contribution is -2.38. The van der Waals surface area contributed by atoms with Crippen molar-refractivity contribution in [3.05, 3.63) is 149 Å². The van der Waals surface area contributed by atoms with Crippen LogP contribution >= 0.6 is 7.92 Å². The molecule has 0 unspecified atom stereocenters. The van der Waals surface area contributed by atoms with Crippen molar-refractivity contribution in [1.29, 1.82) is 0 Å². The Balaban J connectivity index is 1.56. The van der Waals surface area contributed by atoms with Gasteiger partial charge in [0.1, 0.15) is 22.5 Å². The summed E-state index contributed by atoms with van der Waals surface area (Å²) in [4.78, 5) is 0. The van der Waals surface area contributed by atoms with Crippen LogP contribution in [0.2, 0.25) is 0 Å². The van der Waals surface area contributed by atoms with Gasteiger partial charge in [-0.05, 0) is 55.8 Å². The average molecular weight is 674 g/mol. The smallest absolute Gasteiger partial charge is 0.139 e. The van der Waals surface area contributed by atoms with E-state index in [1.165, 1.54) is 27.0 Å². The number of benzene rings is 5. The van der Waals surface area contributed by atoms with Crippen molar-refractivity contribution in [2.45, 2.75) is 77.0 Å². The first-order valence-electron chi connectivity index (χ1n) is 16.8. The van der Waals surface area contributed by atoms with Crippen LogP contribution in [0.3, 0.4) is 0 Å². The maximum atomic E-state index is 14.1. The number of hydrogen-bond acceptors (Lipinski definition) is 2. The van der Waals surface area contributed by atoms with Crippen LogP contribution in [-0.4, -0.2) is 20.3 Å². The molecule has 0 saturated heterocycles. The fourth-order valence-electron chi connectivity index (χ4n) is 6.78. The summed E-state index contributed by atoms with van der Waals surface area (Å²) in [6.07, 6.45) is 0. The first-order chi connectivity index (χ1) is 22.7. The summed E-state index contributed by atoms with van der Waals surface area (Å²) in [5.41, 5.74) is 5.41. The third kappa shape index (κ3) is 6.43. The molecule has 3 nitrogen and oxygen atoms in total. The normalized spacial score (nSPS) is 15.4. The Morgan fingerprint density at radius 2 is 1.19 bits per heavy atom. The Morgan fingerprint density at radius 1 is 0.667 bits per heavy atom. The lowest BCUT2D eigenvalue weighted by molar-refractivity contribution is 0.389. The number of ether oxygens (including phenoxy) is 1. The van der Waals surface area contributed by atoms with E-state index in [-0.39, 0.29) is 16.9 Å². The van der Waals surface area contributed by atoms with E-state index in [1.807, 2.05) is 32.1 Å². The van der Waals surface area contributed by atoms with E-state index in [0.717, 1.165) is 28.2 Å². The van der Waals surface area contributed by atoms with Crippen LogP contribution in [0.4, 0.5) is 0 Å². The number of fused-ring (bicyclic) bond motifs is 2. The molecule has 2 atom stereocenters. The zero-order valence-corrected chi connectivity index (χ0v) is 31.5. The molecule has 5 aromatic rings. The van der Waals surface area contributed by atoms with E-state index in [0.29, 0.717) is 0 Å². The molecule has 6 rings (SSSR count). The highest BCUT2D eigenvalue weighted by Gasteiger charge is 2.40. The van der Waals surface area contributed by atoms with Crippen LogP contribution in [0.1, 0.15) is 89.2 Å². The standard InChI is InChI=1S/C43H48NO2PS/c1-41(2,3)31-28-26-30(27-29-31)38(44(9)48(45)42(4,5)6)34-22-16-23-35-39(34)46-40-36(43(35,7)8)24-17-25-37(40)47(32-18-12-10-13-19-32)33-20-14-11-15-21-33/h10-29,38H,1-9H3/t38-,48+/m0/s1. The van der Waals surface area contributed by atoms with E-state index < -0.39 is 23.7 Å². The van der Waals surface area contributed by atoms with Gasteiger partial charge in [-0.15, -0.1) is 0 Å². The van der Waals surface area contributed by atoms with Crippen molar-refractivity contribution in [2.75, 3.05) is 7.05 Å². The van der Waals surface area contributed by atoms with Gasteiger partial charge in [0.05, 0.1) is 10.8 Å². The number of nitrogens with zero attached hydrogens (tertiary/aromatic N) is 1. The van der Waals surface area contributed by atoms with Crippen LogP contribution in [0, 0.1) is 0 Å². The van der Waals surface area contributed by atoms with Crippen molar-refractivity contribution < 1.29 is 8.95 Å². The largest absolute Gasteiger partial charge is 0.456 e. The highest BCUT2D eigenvalue weighted by Crippen LogP contribution is 2.53. The highest BCUT2D eigenvalue weighted by molar-refractivity contribution is 7.84. The third-order valence-corrected chi connectivity index (χ3v) is 13.6. The molecule has 0 spiro atoms. The van der Waals surface area contributed by atoms with Gasteiger partial charge in [0, 0.05) is 34.5 Å². The summed E-state index contributed by atoms with van der Waals surface area (Å²) >= 11 is 0. The van der Waals surface area contributed by atoms with Crippen molar-refractivity contribution in [1.82, 2.24) is 4.31 Å². The molecular formula is C43H48NO2PS. The van der Waals surface area contributed by atoms with Gasteiger partial charge in [-0.3, -0.25) is 0 Å². The minimum absolute atomic E-state index is 0.0309. The quantitative estimate of drug-likeness (QED) is 0.161. The number of para-hydroxylation sites is 2. The van der Waals surface area contributed by atoms with E-state index >= 15 is 0 Å². The Bertz CT molecular complexity index is 1880. The van der Waals surface area contributed by atoms with Crippen LogP contribution in [-0.2, 0) is 21.8 Å². The summed E-state index contributed by atoms with van der Waals surface area (Å²) < 4.78 is 23.0. The molecule has 1 aliphatic heterocycles. The predicted octanol–water partition coefficient (Wildman–Crippen LogP) is 9.66. The Morgan fingerprint density at radius 3 is 1.71 bits per heavy atom. The van der Waals surface area contributed by atoms with Gasteiger partial charge >= 0.3 is 0 Å². The second kappa shape index (κ2) is 13.0. The lowest BCUT2D eigenvalue weighted by Gasteiger charge is -2.40. The van der Waals surface area contributed by atoms with E-state index in [9.17, 15) is 4.21 Å².